The van der Waals surface area contributed by atoms with Crippen LogP contribution in [0.25, 0.3) is 0 Å². The van der Waals surface area contributed by atoms with E-state index in [-0.39, 0.29) is 0 Å². The largest absolute Gasteiger partial charge is 0.351 e. The third-order valence-electron chi connectivity index (χ3n) is 5.49. The minimum atomic E-state index is -0.441. The van der Waals surface area contributed by atoms with E-state index in [1.54, 1.807) is 0 Å². The molecule has 0 saturated heterocycles. The van der Waals surface area contributed by atoms with Gasteiger partial charge in [-0.15, -0.1) is 0 Å². The van der Waals surface area contributed by atoms with Crippen molar-refractivity contribution in [2.24, 2.45) is 5.73 Å². The van der Waals surface area contributed by atoms with Crippen molar-refractivity contribution in [2.75, 3.05) is 5.32 Å². The van der Waals surface area contributed by atoms with Crippen LogP contribution in [0.15, 0.2) is 12.3 Å². The number of hydrogen-bond acceptors (Lipinski definition) is 3. The monoisotopic (exact) mass is 385 g/mol. The number of nitrogens with two attached hydrogens (primary N) is 1. The first-order chi connectivity index (χ1) is 13.1. The van der Waals surface area contributed by atoms with Crippen molar-refractivity contribution in [1.29, 1.82) is 0 Å². The summed E-state index contributed by atoms with van der Waals surface area (Å²) in [6.45, 7) is 3.02. The average Bonchev–Trinajstić information content (AvgIpc) is 3.56. The summed E-state index contributed by atoms with van der Waals surface area (Å²) in [4.78, 5) is 16.3. The Labute approximate surface area is 164 Å². The summed E-state index contributed by atoms with van der Waals surface area (Å²) in [7, 11) is 0. The van der Waals surface area contributed by atoms with Crippen LogP contribution in [0.2, 0.25) is 0 Å². The molecular formula is C20H27N5OS. The molecule has 2 saturated carbocycles. The van der Waals surface area contributed by atoms with Crippen molar-refractivity contribution in [3.8, 4) is 0 Å². The maximum atomic E-state index is 11.4. The summed E-state index contributed by atoms with van der Waals surface area (Å²) in [5.74, 6) is 1.24. The molecule has 27 heavy (non-hydrogen) atoms. The first kappa shape index (κ1) is 18.2. The summed E-state index contributed by atoms with van der Waals surface area (Å²) in [6.07, 6.45) is 10.1. The Morgan fingerprint density at radius 3 is 2.59 bits per heavy atom. The number of hydrogen-bond donors (Lipinski definition) is 3. The van der Waals surface area contributed by atoms with E-state index >= 15 is 0 Å². The second-order valence-electron chi connectivity index (χ2n) is 7.68. The first-order valence-electron chi connectivity index (χ1n) is 9.94. The van der Waals surface area contributed by atoms with E-state index in [9.17, 15) is 4.79 Å². The number of rotatable bonds is 4. The minimum Gasteiger partial charge on any atom is -0.351 e. The van der Waals surface area contributed by atoms with Crippen LogP contribution in [0.4, 0.5) is 10.5 Å². The number of primary amides is 1. The molecule has 3 aliphatic carbocycles. The summed E-state index contributed by atoms with van der Waals surface area (Å²) >= 11 is 4.82. The molecule has 0 aliphatic heterocycles. The maximum Gasteiger partial charge on any atom is 0.316 e. The van der Waals surface area contributed by atoms with E-state index in [0.717, 1.165) is 36.1 Å². The lowest BCUT2D eigenvalue weighted by Crippen LogP contribution is -2.22. The Kier molecular flexibility index (Phi) is 5.04. The molecule has 0 spiro atoms. The van der Waals surface area contributed by atoms with Crippen molar-refractivity contribution in [2.45, 2.75) is 70.3 Å². The summed E-state index contributed by atoms with van der Waals surface area (Å²) in [5.41, 5.74) is 11.5. The molecule has 4 N–H and O–H groups in total. The molecule has 0 radical (unpaired) electrons. The van der Waals surface area contributed by atoms with Crippen LogP contribution in [0.3, 0.4) is 0 Å². The molecule has 2 heterocycles. The fraction of sp³-hybridized carbons (Fsp3) is 0.550. The number of aromatic nitrogens is 3. The quantitative estimate of drug-likeness (QED) is 0.682. The molecular weight excluding hydrogens is 358 g/mol. The number of fused-ring (bicyclic) bond motifs is 1. The molecule has 2 aromatic heterocycles. The number of H-pyrrole nitrogens is 1. The second kappa shape index (κ2) is 7.46. The van der Waals surface area contributed by atoms with E-state index < -0.39 is 6.03 Å². The predicted molar refractivity (Wildman–Crippen MR) is 109 cm³/mol. The zero-order valence-corrected chi connectivity index (χ0v) is 16.6. The third kappa shape index (κ3) is 4.08. The number of anilines is 1. The molecule has 0 aromatic carbocycles. The zero-order valence-electron chi connectivity index (χ0n) is 15.8. The third-order valence-corrected chi connectivity index (χ3v) is 5.72. The van der Waals surface area contributed by atoms with Crippen molar-refractivity contribution in [1.82, 2.24) is 14.8 Å². The van der Waals surface area contributed by atoms with Gasteiger partial charge in [-0.2, -0.15) is 0 Å². The molecule has 2 fully saturated rings. The van der Waals surface area contributed by atoms with Crippen molar-refractivity contribution < 1.29 is 4.79 Å². The van der Waals surface area contributed by atoms with Crippen LogP contribution in [-0.4, -0.2) is 20.8 Å². The molecule has 5 rings (SSSR count). The molecule has 0 unspecified atom stereocenters. The van der Waals surface area contributed by atoms with Crippen LogP contribution in [0.5, 0.6) is 0 Å². The lowest BCUT2D eigenvalue weighted by molar-refractivity contribution is 0.259. The summed E-state index contributed by atoms with van der Waals surface area (Å²) in [6, 6.07) is 1.43. The maximum absolute atomic E-state index is 11.4. The number of aryl methyl sites for hydroxylation is 2. The number of aromatic amines is 1. The molecule has 144 valence electrons. The second-order valence-corrected chi connectivity index (χ2v) is 8.12. The Morgan fingerprint density at radius 2 is 2.07 bits per heavy atom. The van der Waals surface area contributed by atoms with Crippen molar-refractivity contribution in [3.05, 3.63) is 39.4 Å². The highest BCUT2D eigenvalue weighted by molar-refractivity contribution is 7.71. The van der Waals surface area contributed by atoms with Gasteiger partial charge in [-0.25, -0.2) is 4.79 Å². The van der Waals surface area contributed by atoms with Crippen LogP contribution in [-0.2, 0) is 19.4 Å². The minimum absolute atomic E-state index is 0.441. The lowest BCUT2D eigenvalue weighted by Gasteiger charge is -2.18. The number of pyridine rings is 1. The molecule has 0 atom stereocenters. The van der Waals surface area contributed by atoms with Crippen LogP contribution < -0.4 is 11.1 Å². The number of urea groups is 1. The van der Waals surface area contributed by atoms with Gasteiger partial charge in [0, 0.05) is 35.6 Å². The standard InChI is InChI=1S/C15H19N3O.C5H8N2S/c16-15(19)18-14-10-2-1-3-11(10)17-13(9-6-7-9)12(14)8-4-5-8;1-2-7-4-3-5(8)6-7/h8-9H,1-7H2,(H3,16,17,18,19);3-4H,2H2,1H3,(H,6,8). The molecule has 2 aromatic rings. The highest BCUT2D eigenvalue weighted by Gasteiger charge is 2.38. The highest BCUT2D eigenvalue weighted by atomic mass is 32.1. The van der Waals surface area contributed by atoms with E-state index in [0.29, 0.717) is 11.8 Å². The average molecular weight is 386 g/mol. The first-order valence-corrected chi connectivity index (χ1v) is 10.3. The van der Waals surface area contributed by atoms with Crippen LogP contribution in [0, 0.1) is 4.64 Å². The van der Waals surface area contributed by atoms with Gasteiger partial charge in [0.15, 0.2) is 0 Å². The van der Waals surface area contributed by atoms with Gasteiger partial charge in [0.2, 0.25) is 0 Å². The van der Waals surface area contributed by atoms with Gasteiger partial charge in [-0.1, -0.05) is 12.2 Å². The fourth-order valence-corrected chi connectivity index (χ4v) is 4.07. The normalized spacial score (nSPS) is 17.8. The van der Waals surface area contributed by atoms with Crippen molar-refractivity contribution >= 4 is 23.9 Å². The Balaban J connectivity index is 0.000000190. The smallest absolute Gasteiger partial charge is 0.316 e. The van der Waals surface area contributed by atoms with E-state index in [2.05, 4.69) is 17.3 Å². The van der Waals surface area contributed by atoms with E-state index in [4.69, 9.17) is 22.9 Å². The Bertz CT molecular complexity index is 908. The SMILES string of the molecule is CCn1ccc(=S)[nH]1.NC(=O)Nc1c2c(nc(C3CC3)c1C1CC1)CCC2. The van der Waals surface area contributed by atoms with Gasteiger partial charge in [-0.3, -0.25) is 14.8 Å². The lowest BCUT2D eigenvalue weighted by atomic mass is 9.98. The molecule has 0 bridgehead atoms. The Hall–Kier alpha value is -2.15. The van der Waals surface area contributed by atoms with Gasteiger partial charge in [-0.05, 0) is 69.4 Å². The number of nitrogens with zero attached hydrogens (tertiary/aromatic N) is 2. The van der Waals surface area contributed by atoms with Crippen LogP contribution >= 0.6 is 12.2 Å². The predicted octanol–water partition coefficient (Wildman–Crippen LogP) is 4.38. The van der Waals surface area contributed by atoms with Gasteiger partial charge in [0.1, 0.15) is 4.64 Å². The number of carbonyl (C=O) groups is 1. The highest BCUT2D eigenvalue weighted by Crippen LogP contribution is 2.52. The molecule has 6 nitrogen and oxygen atoms in total. The molecule has 2 amide bonds. The molecule has 3 aliphatic rings. The molecule has 7 heteroatoms. The van der Waals surface area contributed by atoms with E-state index in [1.807, 2.05) is 16.9 Å². The topological polar surface area (TPSA) is 88.7 Å². The van der Waals surface area contributed by atoms with Crippen LogP contribution in [0.1, 0.15) is 73.4 Å². The van der Waals surface area contributed by atoms with Gasteiger partial charge >= 0.3 is 6.03 Å². The number of amides is 2. The zero-order chi connectivity index (χ0) is 19.0. The van der Waals surface area contributed by atoms with Gasteiger partial charge in [0.05, 0.1) is 5.69 Å². The number of nitrogens with one attached hydrogen (secondary N) is 2. The number of carbonyl (C=O) groups excluding carboxylic acids is 1. The summed E-state index contributed by atoms with van der Waals surface area (Å²) in [5, 5.41) is 5.87. The summed E-state index contributed by atoms with van der Waals surface area (Å²) < 4.78 is 2.73. The van der Waals surface area contributed by atoms with Crippen molar-refractivity contribution in [3.63, 3.8) is 0 Å². The fourth-order valence-electron chi connectivity index (χ4n) is 3.89. The van der Waals surface area contributed by atoms with E-state index in [1.165, 1.54) is 48.2 Å². The van der Waals surface area contributed by atoms with Gasteiger partial charge in [0.25, 0.3) is 0 Å². The van der Waals surface area contributed by atoms with Gasteiger partial charge < -0.3 is 11.1 Å². The Morgan fingerprint density at radius 1 is 1.33 bits per heavy atom.